The first-order valence-electron chi connectivity index (χ1n) is 9.23. The van der Waals surface area contributed by atoms with E-state index < -0.39 is 0 Å². The Hall–Kier alpha value is -3.12. The molecule has 3 aromatic heterocycles. The maximum Gasteiger partial charge on any atom is 0.156 e. The summed E-state index contributed by atoms with van der Waals surface area (Å²) in [7, 11) is 0. The van der Waals surface area contributed by atoms with E-state index in [-0.39, 0.29) is 0 Å². The number of rotatable bonds is 3. The summed E-state index contributed by atoms with van der Waals surface area (Å²) in [5, 5.41) is 4.83. The van der Waals surface area contributed by atoms with Crippen LogP contribution >= 0.6 is 0 Å². The molecule has 1 aliphatic heterocycles. The van der Waals surface area contributed by atoms with Crippen molar-refractivity contribution in [3.63, 3.8) is 0 Å². The first-order chi connectivity index (χ1) is 13.3. The van der Waals surface area contributed by atoms with Gasteiger partial charge in [-0.3, -0.25) is 0 Å². The number of aryl methyl sites for hydroxylation is 1. The fourth-order valence-corrected chi connectivity index (χ4v) is 3.63. The highest BCUT2D eigenvalue weighted by Crippen LogP contribution is 2.29. The van der Waals surface area contributed by atoms with Gasteiger partial charge >= 0.3 is 0 Å². The molecule has 1 saturated heterocycles. The highest BCUT2D eigenvalue weighted by molar-refractivity contribution is 5.90. The highest BCUT2D eigenvalue weighted by Gasteiger charge is 2.18. The van der Waals surface area contributed by atoms with E-state index >= 15 is 0 Å². The van der Waals surface area contributed by atoms with Crippen LogP contribution in [0.25, 0.3) is 28.1 Å². The molecule has 0 radical (unpaired) electrons. The van der Waals surface area contributed by atoms with Gasteiger partial charge in [0, 0.05) is 36.6 Å². The van der Waals surface area contributed by atoms with Crippen LogP contribution in [-0.2, 0) is 4.74 Å². The highest BCUT2D eigenvalue weighted by atomic mass is 16.5. The molecule has 6 heteroatoms. The molecule has 1 fully saturated rings. The molecule has 136 valence electrons. The fraction of sp³-hybridized carbons (Fsp3) is 0.238. The molecular weight excluding hydrogens is 338 g/mol. The largest absolute Gasteiger partial charge is 0.378 e. The molecular formula is C21H21N5O. The van der Waals surface area contributed by atoms with Crippen LogP contribution in [0.15, 0.2) is 54.7 Å². The molecule has 0 saturated carbocycles. The molecule has 0 unspecified atom stereocenters. The topological polar surface area (TPSA) is 59.0 Å². The van der Waals surface area contributed by atoms with Crippen LogP contribution in [-0.4, -0.2) is 46.1 Å². The zero-order valence-electron chi connectivity index (χ0n) is 15.2. The van der Waals surface area contributed by atoms with Gasteiger partial charge in [0.2, 0.25) is 0 Å². The summed E-state index contributed by atoms with van der Waals surface area (Å²) in [5.41, 5.74) is 6.29. The Labute approximate surface area is 157 Å². The number of anilines is 1. The average molecular weight is 359 g/mol. The molecule has 0 atom stereocenters. The molecule has 0 bridgehead atoms. The number of hydrogen-bond acceptors (Lipinski definition) is 4. The smallest absolute Gasteiger partial charge is 0.156 e. The molecule has 6 nitrogen and oxygen atoms in total. The number of aromatic nitrogens is 4. The van der Waals surface area contributed by atoms with Gasteiger partial charge in [0.05, 0.1) is 35.6 Å². The van der Waals surface area contributed by atoms with Gasteiger partial charge in [-0.05, 0) is 19.1 Å². The van der Waals surface area contributed by atoms with Crippen molar-refractivity contribution in [2.45, 2.75) is 6.92 Å². The Morgan fingerprint density at radius 1 is 1.04 bits per heavy atom. The number of aromatic amines is 1. The molecule has 4 aromatic rings. The van der Waals surface area contributed by atoms with Gasteiger partial charge < -0.3 is 14.6 Å². The summed E-state index contributed by atoms with van der Waals surface area (Å²) in [4.78, 5) is 10.5. The summed E-state index contributed by atoms with van der Waals surface area (Å²) in [6.07, 6.45) is 1.94. The van der Waals surface area contributed by atoms with Gasteiger partial charge in [0.15, 0.2) is 5.82 Å². The third-order valence-corrected chi connectivity index (χ3v) is 5.01. The predicted molar refractivity (Wildman–Crippen MR) is 106 cm³/mol. The second-order valence-electron chi connectivity index (χ2n) is 6.79. The Morgan fingerprint density at radius 2 is 1.85 bits per heavy atom. The third-order valence-electron chi connectivity index (χ3n) is 5.01. The maximum absolute atomic E-state index is 5.52. The Balaban J connectivity index is 1.62. The molecule has 0 aliphatic carbocycles. The summed E-state index contributed by atoms with van der Waals surface area (Å²) in [6.45, 7) is 5.32. The second-order valence-corrected chi connectivity index (χ2v) is 6.79. The Kier molecular flexibility index (Phi) is 3.90. The number of nitrogens with one attached hydrogen (secondary N) is 1. The Bertz CT molecular complexity index is 1080. The van der Waals surface area contributed by atoms with E-state index in [9.17, 15) is 0 Å². The number of pyridine rings is 1. The average Bonchev–Trinajstić information content (AvgIpc) is 3.35. The van der Waals surface area contributed by atoms with Gasteiger partial charge in [-0.15, -0.1) is 0 Å². The lowest BCUT2D eigenvalue weighted by Gasteiger charge is -2.29. The van der Waals surface area contributed by atoms with Crippen molar-refractivity contribution in [3.8, 4) is 17.1 Å². The standard InChI is InChI=1S/C21H21N5O/c1-15-13-18(16-5-3-2-4-6-16)24-26(15)20-14-19(25-9-11-27-12-10-25)21-17(23-20)7-8-22-21/h2-8,13-14,22H,9-12H2,1H3. The molecule has 1 aromatic carbocycles. The van der Waals surface area contributed by atoms with E-state index in [4.69, 9.17) is 14.8 Å². The summed E-state index contributed by atoms with van der Waals surface area (Å²) in [6, 6.07) is 16.5. The van der Waals surface area contributed by atoms with Crippen LogP contribution < -0.4 is 4.90 Å². The molecule has 0 amide bonds. The monoisotopic (exact) mass is 359 g/mol. The minimum absolute atomic E-state index is 0.749. The molecule has 1 N–H and O–H groups in total. The number of fused-ring (bicyclic) bond motifs is 1. The second kappa shape index (κ2) is 6.55. The van der Waals surface area contributed by atoms with Crippen LogP contribution in [0.5, 0.6) is 0 Å². The number of hydrogen-bond donors (Lipinski definition) is 1. The van der Waals surface area contributed by atoms with Crippen molar-refractivity contribution in [1.29, 1.82) is 0 Å². The number of ether oxygens (including phenoxy) is 1. The van der Waals surface area contributed by atoms with Gasteiger partial charge in [0.25, 0.3) is 0 Å². The molecule has 5 rings (SSSR count). The van der Waals surface area contributed by atoms with E-state index in [1.807, 2.05) is 35.1 Å². The minimum atomic E-state index is 0.749. The quantitative estimate of drug-likeness (QED) is 0.608. The fourth-order valence-electron chi connectivity index (χ4n) is 3.63. The van der Waals surface area contributed by atoms with Crippen LogP contribution in [0.4, 0.5) is 5.69 Å². The maximum atomic E-state index is 5.52. The van der Waals surface area contributed by atoms with Gasteiger partial charge in [-0.1, -0.05) is 30.3 Å². The van der Waals surface area contributed by atoms with Gasteiger partial charge in [-0.2, -0.15) is 5.10 Å². The lowest BCUT2D eigenvalue weighted by Crippen LogP contribution is -2.36. The molecule has 1 aliphatic rings. The van der Waals surface area contributed by atoms with E-state index in [2.05, 4.69) is 41.1 Å². The molecule has 0 spiro atoms. The normalized spacial score (nSPS) is 14.8. The van der Waals surface area contributed by atoms with Crippen molar-refractivity contribution in [2.75, 3.05) is 31.2 Å². The van der Waals surface area contributed by atoms with Crippen LogP contribution in [0, 0.1) is 6.92 Å². The van der Waals surface area contributed by atoms with Crippen molar-refractivity contribution >= 4 is 16.7 Å². The number of H-pyrrole nitrogens is 1. The van der Waals surface area contributed by atoms with Crippen molar-refractivity contribution in [2.24, 2.45) is 0 Å². The van der Waals surface area contributed by atoms with E-state index in [0.717, 1.165) is 65.8 Å². The van der Waals surface area contributed by atoms with Crippen LogP contribution in [0.2, 0.25) is 0 Å². The number of nitrogens with zero attached hydrogens (tertiary/aromatic N) is 4. The lowest BCUT2D eigenvalue weighted by atomic mass is 10.1. The summed E-state index contributed by atoms with van der Waals surface area (Å²) < 4.78 is 7.45. The van der Waals surface area contributed by atoms with Crippen LogP contribution in [0.1, 0.15) is 5.69 Å². The van der Waals surface area contributed by atoms with E-state index in [0.29, 0.717) is 0 Å². The molecule has 27 heavy (non-hydrogen) atoms. The zero-order chi connectivity index (χ0) is 18.2. The summed E-state index contributed by atoms with van der Waals surface area (Å²) >= 11 is 0. The van der Waals surface area contributed by atoms with Crippen LogP contribution in [0.3, 0.4) is 0 Å². The molecule has 4 heterocycles. The third kappa shape index (κ3) is 2.88. The predicted octanol–water partition coefficient (Wildman–Crippen LogP) is 3.56. The summed E-state index contributed by atoms with van der Waals surface area (Å²) in [5.74, 6) is 0.836. The number of benzene rings is 1. The van der Waals surface area contributed by atoms with Gasteiger partial charge in [0.1, 0.15) is 0 Å². The zero-order valence-corrected chi connectivity index (χ0v) is 15.2. The van der Waals surface area contributed by atoms with Gasteiger partial charge in [-0.25, -0.2) is 9.67 Å². The SMILES string of the molecule is Cc1cc(-c2ccccc2)nn1-c1cc(N2CCOCC2)c2[nH]ccc2n1. The lowest BCUT2D eigenvalue weighted by molar-refractivity contribution is 0.123. The first-order valence-corrected chi connectivity index (χ1v) is 9.23. The van der Waals surface area contributed by atoms with E-state index in [1.54, 1.807) is 0 Å². The van der Waals surface area contributed by atoms with Crippen molar-refractivity contribution in [3.05, 3.63) is 60.4 Å². The first kappa shape index (κ1) is 16.1. The van der Waals surface area contributed by atoms with Crippen molar-refractivity contribution < 1.29 is 4.74 Å². The minimum Gasteiger partial charge on any atom is -0.378 e. The van der Waals surface area contributed by atoms with Crippen molar-refractivity contribution in [1.82, 2.24) is 19.7 Å². The van der Waals surface area contributed by atoms with E-state index in [1.165, 1.54) is 0 Å². The number of morpholine rings is 1. The Morgan fingerprint density at radius 3 is 2.67 bits per heavy atom.